The fourth-order valence-electron chi connectivity index (χ4n) is 1.73. The molecule has 0 aliphatic carbocycles. The number of aromatic nitrogens is 1. The third kappa shape index (κ3) is 4.83. The Morgan fingerprint density at radius 3 is 2.55 bits per heavy atom. The van der Waals surface area contributed by atoms with Crippen LogP contribution in [0.15, 0.2) is 12.1 Å². The molecular weight excluding hydrogens is 250 g/mol. The molecule has 0 saturated heterocycles. The molecule has 0 aromatic carbocycles. The monoisotopic (exact) mass is 277 g/mol. The molecule has 20 heavy (non-hydrogen) atoms. The Kier molecular flexibility index (Phi) is 5.54. The Balaban J connectivity index is 2.72. The summed E-state index contributed by atoms with van der Waals surface area (Å²) in [6.07, 6.45) is 0. The molecule has 1 amide bonds. The molecule has 0 radical (unpaired) electrons. The van der Waals surface area contributed by atoms with Gasteiger partial charge in [-0.05, 0) is 37.3 Å². The van der Waals surface area contributed by atoms with Gasteiger partial charge in [-0.25, -0.2) is 4.98 Å². The lowest BCUT2D eigenvalue weighted by Crippen LogP contribution is -2.33. The predicted octanol–water partition coefficient (Wildman–Crippen LogP) is 3.23. The molecule has 0 aliphatic rings. The van der Waals surface area contributed by atoms with Crippen LogP contribution in [-0.2, 0) is 0 Å². The van der Waals surface area contributed by atoms with Gasteiger partial charge in [0.05, 0.1) is 0 Å². The first-order chi connectivity index (χ1) is 9.24. The lowest BCUT2D eigenvalue weighted by molar-refractivity contribution is 0.0937. The van der Waals surface area contributed by atoms with E-state index in [2.05, 4.69) is 43.3 Å². The lowest BCUT2D eigenvalue weighted by atomic mass is 9.82. The fourth-order valence-corrected chi connectivity index (χ4v) is 1.73. The van der Waals surface area contributed by atoms with Crippen molar-refractivity contribution in [3.05, 3.63) is 23.4 Å². The summed E-state index contributed by atoms with van der Waals surface area (Å²) < 4.78 is 0. The van der Waals surface area contributed by atoms with Crippen LogP contribution in [0, 0.1) is 18.3 Å². The average Bonchev–Trinajstić information content (AvgIpc) is 2.34. The number of carbonyl (C=O) groups excluding carboxylic acids is 1. The van der Waals surface area contributed by atoms with Crippen molar-refractivity contribution in [1.82, 2.24) is 10.3 Å². The highest BCUT2D eigenvalue weighted by molar-refractivity contribution is 5.95. The van der Waals surface area contributed by atoms with Crippen molar-refractivity contribution >= 4 is 11.7 Å². The summed E-state index contributed by atoms with van der Waals surface area (Å²) in [5.74, 6) is 1.13. The highest BCUT2D eigenvalue weighted by atomic mass is 16.1. The number of amides is 1. The van der Waals surface area contributed by atoms with Crippen LogP contribution in [0.4, 0.5) is 5.82 Å². The predicted molar refractivity (Wildman–Crippen MR) is 84.1 cm³/mol. The van der Waals surface area contributed by atoms with Crippen LogP contribution >= 0.6 is 0 Å². The van der Waals surface area contributed by atoms with Gasteiger partial charge in [0.25, 0.3) is 5.91 Å². The molecule has 0 aliphatic heterocycles. The van der Waals surface area contributed by atoms with Gasteiger partial charge in [-0.1, -0.05) is 27.7 Å². The molecule has 0 spiro atoms. The summed E-state index contributed by atoms with van der Waals surface area (Å²) in [6, 6.07) is 3.62. The number of nitrogens with zero attached hydrogens (tertiary/aromatic N) is 1. The second kappa shape index (κ2) is 6.73. The SMILES string of the molecule is CCNc1cc(C(=O)NCC(C)C(C)(C)C)cc(C)n1. The van der Waals surface area contributed by atoms with Crippen LogP contribution in [0.1, 0.15) is 50.7 Å². The molecule has 4 heteroatoms. The first-order valence-electron chi connectivity index (χ1n) is 7.24. The lowest BCUT2D eigenvalue weighted by Gasteiger charge is -2.27. The molecule has 1 atom stereocenters. The Bertz CT molecular complexity index is 463. The van der Waals surface area contributed by atoms with Crippen molar-refractivity contribution in [3.63, 3.8) is 0 Å². The van der Waals surface area contributed by atoms with Crippen LogP contribution in [0.2, 0.25) is 0 Å². The number of hydrogen-bond donors (Lipinski definition) is 2. The minimum atomic E-state index is -0.0363. The van der Waals surface area contributed by atoms with E-state index < -0.39 is 0 Å². The number of anilines is 1. The number of nitrogens with one attached hydrogen (secondary N) is 2. The molecule has 4 nitrogen and oxygen atoms in total. The molecule has 2 N–H and O–H groups in total. The zero-order valence-corrected chi connectivity index (χ0v) is 13.5. The number of rotatable bonds is 5. The van der Waals surface area contributed by atoms with E-state index >= 15 is 0 Å². The first-order valence-corrected chi connectivity index (χ1v) is 7.24. The topological polar surface area (TPSA) is 54.0 Å². The van der Waals surface area contributed by atoms with Gasteiger partial charge >= 0.3 is 0 Å². The maximum absolute atomic E-state index is 12.2. The van der Waals surface area contributed by atoms with Crippen LogP contribution in [-0.4, -0.2) is 24.0 Å². The summed E-state index contributed by atoms with van der Waals surface area (Å²) in [6.45, 7) is 14.1. The van der Waals surface area contributed by atoms with Gasteiger partial charge in [0.15, 0.2) is 0 Å². The van der Waals surface area contributed by atoms with Crippen LogP contribution in [0.3, 0.4) is 0 Å². The van der Waals surface area contributed by atoms with E-state index in [0.29, 0.717) is 18.0 Å². The van der Waals surface area contributed by atoms with Gasteiger partial charge in [0, 0.05) is 24.3 Å². The first kappa shape index (κ1) is 16.5. The zero-order chi connectivity index (χ0) is 15.3. The Morgan fingerprint density at radius 1 is 1.35 bits per heavy atom. The van der Waals surface area contributed by atoms with Gasteiger partial charge in [-0.2, -0.15) is 0 Å². The molecule has 112 valence electrons. The molecule has 0 saturated carbocycles. The quantitative estimate of drug-likeness (QED) is 0.868. The summed E-state index contributed by atoms with van der Waals surface area (Å²) in [4.78, 5) is 16.6. The van der Waals surface area contributed by atoms with Crippen molar-refractivity contribution in [2.45, 2.75) is 41.5 Å². The van der Waals surface area contributed by atoms with E-state index in [-0.39, 0.29) is 11.3 Å². The van der Waals surface area contributed by atoms with E-state index in [0.717, 1.165) is 18.1 Å². The average molecular weight is 277 g/mol. The smallest absolute Gasteiger partial charge is 0.251 e. The molecule has 1 aromatic rings. The Hall–Kier alpha value is -1.58. The highest BCUT2D eigenvalue weighted by Gasteiger charge is 2.20. The minimum Gasteiger partial charge on any atom is -0.370 e. The maximum atomic E-state index is 12.2. The van der Waals surface area contributed by atoms with Crippen molar-refractivity contribution < 1.29 is 4.79 Å². The van der Waals surface area contributed by atoms with Gasteiger partial charge in [-0.15, -0.1) is 0 Å². The maximum Gasteiger partial charge on any atom is 0.251 e. The largest absolute Gasteiger partial charge is 0.370 e. The zero-order valence-electron chi connectivity index (χ0n) is 13.5. The summed E-state index contributed by atoms with van der Waals surface area (Å²) >= 11 is 0. The molecule has 1 aromatic heterocycles. The van der Waals surface area contributed by atoms with E-state index in [1.165, 1.54) is 0 Å². The highest BCUT2D eigenvalue weighted by Crippen LogP contribution is 2.24. The van der Waals surface area contributed by atoms with Gasteiger partial charge in [-0.3, -0.25) is 4.79 Å². The van der Waals surface area contributed by atoms with Gasteiger partial charge in [0.2, 0.25) is 0 Å². The van der Waals surface area contributed by atoms with E-state index in [4.69, 9.17) is 0 Å². The molecular formula is C16H27N3O. The molecule has 1 rings (SSSR count). The fraction of sp³-hybridized carbons (Fsp3) is 0.625. The van der Waals surface area contributed by atoms with Crippen molar-refractivity contribution in [1.29, 1.82) is 0 Å². The standard InChI is InChI=1S/C16H27N3O/c1-7-17-14-9-13(8-12(3)19-14)15(20)18-10-11(2)16(4,5)6/h8-9,11H,7,10H2,1-6H3,(H,17,19)(H,18,20). The number of pyridine rings is 1. The second-order valence-corrected chi connectivity index (χ2v) is 6.39. The summed E-state index contributed by atoms with van der Waals surface area (Å²) in [5, 5.41) is 6.15. The van der Waals surface area contributed by atoms with Crippen LogP contribution < -0.4 is 10.6 Å². The molecule has 1 unspecified atom stereocenters. The Labute approximate surface area is 122 Å². The van der Waals surface area contributed by atoms with Gasteiger partial charge in [0.1, 0.15) is 5.82 Å². The van der Waals surface area contributed by atoms with E-state index in [9.17, 15) is 4.79 Å². The second-order valence-electron chi connectivity index (χ2n) is 6.39. The third-order valence-corrected chi connectivity index (χ3v) is 3.62. The van der Waals surface area contributed by atoms with Crippen LogP contribution in [0.25, 0.3) is 0 Å². The Morgan fingerprint density at radius 2 is 2.00 bits per heavy atom. The van der Waals surface area contributed by atoms with Crippen molar-refractivity contribution in [2.24, 2.45) is 11.3 Å². The number of aryl methyl sites for hydroxylation is 1. The number of hydrogen-bond acceptors (Lipinski definition) is 3. The number of carbonyl (C=O) groups is 1. The van der Waals surface area contributed by atoms with E-state index in [1.54, 1.807) is 6.07 Å². The third-order valence-electron chi connectivity index (χ3n) is 3.62. The van der Waals surface area contributed by atoms with Crippen molar-refractivity contribution in [2.75, 3.05) is 18.4 Å². The summed E-state index contributed by atoms with van der Waals surface area (Å²) in [7, 11) is 0. The van der Waals surface area contributed by atoms with E-state index in [1.807, 2.05) is 19.9 Å². The molecule has 0 bridgehead atoms. The minimum absolute atomic E-state index is 0.0363. The normalized spacial score (nSPS) is 12.9. The molecule has 1 heterocycles. The molecule has 0 fully saturated rings. The van der Waals surface area contributed by atoms with Crippen molar-refractivity contribution in [3.8, 4) is 0 Å². The van der Waals surface area contributed by atoms with Gasteiger partial charge < -0.3 is 10.6 Å². The van der Waals surface area contributed by atoms with Crippen LogP contribution in [0.5, 0.6) is 0 Å². The summed E-state index contributed by atoms with van der Waals surface area (Å²) in [5.41, 5.74) is 1.70.